The molecule has 0 radical (unpaired) electrons. The van der Waals surface area contributed by atoms with Crippen LogP contribution in [0.1, 0.15) is 30.5 Å². The average Bonchev–Trinajstić information content (AvgIpc) is 2.25. The summed E-state index contributed by atoms with van der Waals surface area (Å²) in [7, 11) is 0. The molecule has 0 heterocycles. The number of carbonyl (C=O) groups excluding carboxylic acids is 1. The monoisotopic (exact) mass is 299 g/mol. The highest BCUT2D eigenvalue weighted by Gasteiger charge is 2.38. The molecule has 1 aromatic carbocycles. The van der Waals surface area contributed by atoms with E-state index in [0.29, 0.717) is 12.1 Å². The normalized spacial score (nSPS) is 13.4. The lowest BCUT2D eigenvalue weighted by Gasteiger charge is -2.28. The van der Waals surface area contributed by atoms with Crippen molar-refractivity contribution in [3.05, 3.63) is 34.9 Å². The maximum atomic E-state index is 12.6. The molecule has 0 saturated heterocycles. The maximum Gasteiger partial charge on any atom is 0.416 e. The molecular formula is C12H9F6O2-. The molecule has 8 heteroatoms. The zero-order valence-electron chi connectivity index (χ0n) is 10.3. The van der Waals surface area contributed by atoms with E-state index in [4.69, 9.17) is 0 Å². The minimum Gasteiger partial charge on any atom is -0.549 e. The van der Waals surface area contributed by atoms with Gasteiger partial charge in [-0.3, -0.25) is 0 Å². The number of hydrogen-bond acceptors (Lipinski definition) is 2. The Morgan fingerprint density at radius 1 is 0.850 bits per heavy atom. The largest absolute Gasteiger partial charge is 0.549 e. The molecule has 0 bridgehead atoms. The fourth-order valence-electron chi connectivity index (χ4n) is 1.43. The predicted octanol–water partition coefficient (Wildman–Crippen LogP) is 2.75. The first-order chi connectivity index (χ1) is 8.76. The van der Waals surface area contributed by atoms with Crippen molar-refractivity contribution in [2.24, 2.45) is 0 Å². The Balaban J connectivity index is 3.59. The van der Waals surface area contributed by atoms with E-state index >= 15 is 0 Å². The van der Waals surface area contributed by atoms with Gasteiger partial charge >= 0.3 is 12.4 Å². The van der Waals surface area contributed by atoms with Gasteiger partial charge in [-0.1, -0.05) is 13.8 Å². The van der Waals surface area contributed by atoms with E-state index in [-0.39, 0.29) is 6.07 Å². The van der Waals surface area contributed by atoms with Gasteiger partial charge < -0.3 is 9.90 Å². The molecule has 0 unspecified atom stereocenters. The third-order valence-electron chi connectivity index (χ3n) is 2.82. The highest BCUT2D eigenvalue weighted by atomic mass is 19.4. The highest BCUT2D eigenvalue weighted by Crippen LogP contribution is 2.38. The number of alkyl halides is 6. The molecule has 20 heavy (non-hydrogen) atoms. The van der Waals surface area contributed by atoms with Gasteiger partial charge in [-0.2, -0.15) is 26.3 Å². The molecular weight excluding hydrogens is 290 g/mol. The number of carboxylic acids is 1. The van der Waals surface area contributed by atoms with Crippen LogP contribution in [0.4, 0.5) is 26.3 Å². The van der Waals surface area contributed by atoms with E-state index in [1.54, 1.807) is 0 Å². The second-order valence-electron chi connectivity index (χ2n) is 4.71. The van der Waals surface area contributed by atoms with Crippen LogP contribution in [0.15, 0.2) is 18.2 Å². The number of aliphatic carboxylic acids is 1. The SMILES string of the molecule is CC(C)(C(=O)[O-])c1cc(C(F)(F)F)cc(C(F)(F)F)c1. The Hall–Kier alpha value is -1.73. The summed E-state index contributed by atoms with van der Waals surface area (Å²) in [4.78, 5) is 10.9. The lowest BCUT2D eigenvalue weighted by Crippen LogP contribution is -2.41. The van der Waals surface area contributed by atoms with Gasteiger partial charge in [0.05, 0.1) is 17.1 Å². The summed E-state index contributed by atoms with van der Waals surface area (Å²) in [5, 5.41) is 10.9. The lowest BCUT2D eigenvalue weighted by atomic mass is 9.83. The molecule has 0 aliphatic rings. The zero-order valence-corrected chi connectivity index (χ0v) is 10.3. The molecule has 0 amide bonds. The van der Waals surface area contributed by atoms with Crippen LogP contribution in [0.2, 0.25) is 0 Å². The molecule has 0 aliphatic heterocycles. The highest BCUT2D eigenvalue weighted by molar-refractivity contribution is 5.78. The molecule has 1 rings (SSSR count). The summed E-state index contributed by atoms with van der Waals surface area (Å²) in [5.74, 6) is -1.77. The molecule has 0 N–H and O–H groups in total. The summed E-state index contributed by atoms with van der Waals surface area (Å²) < 4.78 is 75.6. The van der Waals surface area contributed by atoms with Crippen molar-refractivity contribution < 1.29 is 36.2 Å². The number of hydrogen-bond donors (Lipinski definition) is 0. The average molecular weight is 299 g/mol. The Kier molecular flexibility index (Phi) is 3.82. The molecule has 0 aliphatic carbocycles. The number of benzene rings is 1. The fraction of sp³-hybridized carbons (Fsp3) is 0.417. The molecule has 2 nitrogen and oxygen atoms in total. The van der Waals surface area contributed by atoms with E-state index in [9.17, 15) is 36.2 Å². The topological polar surface area (TPSA) is 40.1 Å². The molecule has 0 spiro atoms. The van der Waals surface area contributed by atoms with Gasteiger partial charge in [-0.05, 0) is 23.8 Å². The summed E-state index contributed by atoms with van der Waals surface area (Å²) in [6, 6.07) is 0.699. The van der Waals surface area contributed by atoms with Crippen LogP contribution >= 0.6 is 0 Å². The predicted molar refractivity (Wildman–Crippen MR) is 54.5 cm³/mol. The van der Waals surface area contributed by atoms with Gasteiger partial charge in [0, 0.05) is 5.41 Å². The first kappa shape index (κ1) is 16.3. The third-order valence-corrected chi connectivity index (χ3v) is 2.82. The second kappa shape index (κ2) is 4.68. The van der Waals surface area contributed by atoms with Crippen LogP contribution in [0.3, 0.4) is 0 Å². The van der Waals surface area contributed by atoms with Gasteiger partial charge in [-0.15, -0.1) is 0 Å². The molecule has 0 saturated carbocycles. The number of carbonyl (C=O) groups is 1. The summed E-state index contributed by atoms with van der Waals surface area (Å²) >= 11 is 0. The smallest absolute Gasteiger partial charge is 0.416 e. The number of halogens is 6. The standard InChI is InChI=1S/C12H10F6O2/c1-10(2,9(19)20)6-3-7(11(13,14)15)5-8(4-6)12(16,17)18/h3-5H,1-2H3,(H,19,20)/p-1. The first-order valence-electron chi connectivity index (χ1n) is 5.27. The van der Waals surface area contributed by atoms with E-state index in [1.165, 1.54) is 0 Å². The Bertz CT molecular complexity index is 495. The zero-order chi connectivity index (χ0) is 15.9. The van der Waals surface area contributed by atoms with Crippen molar-refractivity contribution in [3.8, 4) is 0 Å². The van der Waals surface area contributed by atoms with E-state index in [2.05, 4.69) is 0 Å². The van der Waals surface area contributed by atoms with E-state index < -0.39 is 40.4 Å². The van der Waals surface area contributed by atoms with Crippen molar-refractivity contribution in [2.75, 3.05) is 0 Å². The van der Waals surface area contributed by atoms with Crippen LogP contribution in [-0.2, 0) is 22.6 Å². The first-order valence-corrected chi connectivity index (χ1v) is 5.27. The van der Waals surface area contributed by atoms with Crippen LogP contribution in [0.25, 0.3) is 0 Å². The number of carboxylic acid groups (broad SMARTS) is 1. The molecule has 1 aromatic rings. The van der Waals surface area contributed by atoms with Gasteiger partial charge in [0.2, 0.25) is 0 Å². The quantitative estimate of drug-likeness (QED) is 0.788. The molecule has 0 aromatic heterocycles. The van der Waals surface area contributed by atoms with Crippen molar-refractivity contribution >= 4 is 5.97 Å². The van der Waals surface area contributed by atoms with Crippen molar-refractivity contribution in [3.63, 3.8) is 0 Å². The summed E-state index contributed by atoms with van der Waals surface area (Å²) in [5.41, 5.74) is -5.73. The Labute approximate surface area is 110 Å². The van der Waals surface area contributed by atoms with Gasteiger partial charge in [0.15, 0.2) is 0 Å². The van der Waals surface area contributed by atoms with E-state index in [1.807, 2.05) is 0 Å². The Morgan fingerprint density at radius 2 is 1.15 bits per heavy atom. The minimum absolute atomic E-state index is 0.0607. The minimum atomic E-state index is -5.02. The van der Waals surface area contributed by atoms with Crippen molar-refractivity contribution in [2.45, 2.75) is 31.6 Å². The fourth-order valence-corrected chi connectivity index (χ4v) is 1.43. The molecule has 0 fully saturated rings. The number of rotatable bonds is 2. The van der Waals surface area contributed by atoms with Gasteiger partial charge in [0.25, 0.3) is 0 Å². The van der Waals surface area contributed by atoms with Crippen LogP contribution in [0.5, 0.6) is 0 Å². The van der Waals surface area contributed by atoms with Gasteiger partial charge in [-0.25, -0.2) is 0 Å². The Morgan fingerprint density at radius 3 is 1.40 bits per heavy atom. The van der Waals surface area contributed by atoms with Crippen LogP contribution in [0, 0.1) is 0 Å². The van der Waals surface area contributed by atoms with Crippen LogP contribution < -0.4 is 5.11 Å². The van der Waals surface area contributed by atoms with Gasteiger partial charge in [0.1, 0.15) is 0 Å². The van der Waals surface area contributed by atoms with Crippen molar-refractivity contribution in [1.29, 1.82) is 0 Å². The van der Waals surface area contributed by atoms with E-state index in [0.717, 1.165) is 13.8 Å². The molecule has 112 valence electrons. The second-order valence-corrected chi connectivity index (χ2v) is 4.71. The molecule has 0 atom stereocenters. The summed E-state index contributed by atoms with van der Waals surface area (Å²) in [6.45, 7) is 1.94. The summed E-state index contributed by atoms with van der Waals surface area (Å²) in [6.07, 6.45) is -10.0. The van der Waals surface area contributed by atoms with Crippen molar-refractivity contribution in [1.82, 2.24) is 0 Å². The third kappa shape index (κ3) is 3.23. The lowest BCUT2D eigenvalue weighted by molar-refractivity contribution is -0.312. The maximum absolute atomic E-state index is 12.6. The van der Waals surface area contributed by atoms with Crippen LogP contribution in [-0.4, -0.2) is 5.97 Å².